The van der Waals surface area contributed by atoms with Crippen molar-refractivity contribution in [1.82, 2.24) is 15.4 Å². The molecular formula is C26H39N7O8S. The molecule has 0 radical (unpaired) electrons. The molecule has 10 N–H and O–H groups in total. The smallest absolute Gasteiger partial charge is 0.303 e. The van der Waals surface area contributed by atoms with Crippen LogP contribution in [0.1, 0.15) is 32.6 Å². The van der Waals surface area contributed by atoms with Crippen LogP contribution in [0.25, 0.3) is 10.8 Å². The van der Waals surface area contributed by atoms with Gasteiger partial charge in [-0.25, -0.2) is 8.42 Å². The first-order valence-electron chi connectivity index (χ1n) is 13.0. The van der Waals surface area contributed by atoms with Crippen molar-refractivity contribution in [2.24, 2.45) is 16.5 Å². The van der Waals surface area contributed by atoms with Crippen LogP contribution in [0, 0.1) is 0 Å². The molecular weight excluding hydrogens is 570 g/mol. The van der Waals surface area contributed by atoms with Crippen LogP contribution in [-0.4, -0.2) is 92.5 Å². The van der Waals surface area contributed by atoms with E-state index in [-0.39, 0.29) is 23.8 Å². The van der Waals surface area contributed by atoms with Gasteiger partial charge < -0.3 is 42.3 Å². The van der Waals surface area contributed by atoms with E-state index in [1.54, 1.807) is 24.3 Å². The van der Waals surface area contributed by atoms with Crippen LogP contribution in [-0.2, 0) is 24.4 Å². The Kier molecular flexibility index (Phi) is 12.0. The fourth-order valence-electron chi connectivity index (χ4n) is 4.17. The number of nitrogens with one attached hydrogen (secondary N) is 3. The Labute approximate surface area is 244 Å². The van der Waals surface area contributed by atoms with E-state index in [9.17, 15) is 33.0 Å². The number of aliphatic carboxylic acids is 1. The van der Waals surface area contributed by atoms with Crippen LogP contribution in [0.4, 0.5) is 5.69 Å². The number of hydrogen-bond donors (Lipinski definition) is 8. The number of guanidine groups is 1. The molecule has 0 unspecified atom stereocenters. The van der Waals surface area contributed by atoms with Crippen molar-refractivity contribution in [2.45, 2.75) is 55.4 Å². The van der Waals surface area contributed by atoms with Gasteiger partial charge in [0.1, 0.15) is 6.04 Å². The average Bonchev–Trinajstić information content (AvgIpc) is 2.89. The van der Waals surface area contributed by atoms with E-state index in [0.29, 0.717) is 17.2 Å². The number of carboxylic acid groups (broad SMARTS) is 1. The molecule has 0 aliphatic heterocycles. The largest absolute Gasteiger partial charge is 0.481 e. The summed E-state index contributed by atoms with van der Waals surface area (Å²) in [5, 5.41) is 34.9. The Hall–Kier alpha value is -3.99. The van der Waals surface area contributed by atoms with Gasteiger partial charge in [-0.05, 0) is 38.3 Å². The van der Waals surface area contributed by atoms with Crippen LogP contribution >= 0.6 is 0 Å². The van der Waals surface area contributed by atoms with Crippen molar-refractivity contribution >= 4 is 50.2 Å². The van der Waals surface area contributed by atoms with Crippen LogP contribution < -0.4 is 31.7 Å². The number of sulfonamides is 1. The molecule has 42 heavy (non-hydrogen) atoms. The number of aliphatic imine (C=N–C) groups is 1. The van der Waals surface area contributed by atoms with E-state index in [0.717, 1.165) is 12.6 Å². The van der Waals surface area contributed by atoms with Gasteiger partial charge in [0.15, 0.2) is 11.7 Å². The van der Waals surface area contributed by atoms with Gasteiger partial charge in [0.05, 0.1) is 17.5 Å². The SMILES string of the molecule is CN(C)c1cccc2c(S(=O)(=O)N[C@@H](CCC(=O)O)C(=O)NCC(=O)N[C@@H](CCCN=C(N)N)C(C)(O)O)cccc12. The van der Waals surface area contributed by atoms with Crippen molar-refractivity contribution in [3.8, 4) is 0 Å². The molecule has 0 fully saturated rings. The molecule has 0 aliphatic rings. The summed E-state index contributed by atoms with van der Waals surface area (Å²) in [6.07, 6.45) is -0.538. The summed E-state index contributed by atoms with van der Waals surface area (Å²) in [6.45, 7) is 0.605. The van der Waals surface area contributed by atoms with Crippen molar-refractivity contribution < 1.29 is 38.1 Å². The Balaban J connectivity index is 2.19. The van der Waals surface area contributed by atoms with Crippen LogP contribution in [0.5, 0.6) is 0 Å². The van der Waals surface area contributed by atoms with E-state index in [1.807, 2.05) is 25.1 Å². The Bertz CT molecular complexity index is 1400. The zero-order chi connectivity index (χ0) is 31.7. The zero-order valence-corrected chi connectivity index (χ0v) is 24.5. The third kappa shape index (κ3) is 10.1. The summed E-state index contributed by atoms with van der Waals surface area (Å²) >= 11 is 0. The number of amides is 2. The quantitative estimate of drug-likeness (QED) is 0.0484. The number of nitrogens with two attached hydrogens (primary N) is 2. The lowest BCUT2D eigenvalue weighted by Gasteiger charge is -2.28. The lowest BCUT2D eigenvalue weighted by Crippen LogP contribution is -2.54. The minimum Gasteiger partial charge on any atom is -0.481 e. The van der Waals surface area contributed by atoms with Crippen LogP contribution in [0.15, 0.2) is 46.3 Å². The summed E-state index contributed by atoms with van der Waals surface area (Å²) in [7, 11) is -0.710. The number of carbonyl (C=O) groups excluding carboxylic acids is 2. The first kappa shape index (κ1) is 34.2. The Morgan fingerprint density at radius 1 is 1.05 bits per heavy atom. The second-order valence-corrected chi connectivity index (χ2v) is 11.7. The monoisotopic (exact) mass is 609 g/mol. The summed E-state index contributed by atoms with van der Waals surface area (Å²) in [6, 6.07) is 7.17. The number of benzene rings is 2. The first-order valence-corrected chi connectivity index (χ1v) is 14.5. The molecule has 0 saturated carbocycles. The molecule has 0 spiro atoms. The van der Waals surface area contributed by atoms with Gasteiger partial charge >= 0.3 is 5.97 Å². The summed E-state index contributed by atoms with van der Waals surface area (Å²) in [5.41, 5.74) is 11.3. The molecule has 16 heteroatoms. The molecule has 0 aliphatic carbocycles. The molecule has 0 heterocycles. The number of hydrogen-bond acceptors (Lipinski definition) is 9. The molecule has 2 rings (SSSR count). The summed E-state index contributed by atoms with van der Waals surface area (Å²) in [4.78, 5) is 42.2. The fourth-order valence-corrected chi connectivity index (χ4v) is 5.62. The number of anilines is 1. The average molecular weight is 610 g/mol. The number of carboxylic acids is 1. The molecule has 2 aromatic carbocycles. The highest BCUT2D eigenvalue weighted by Crippen LogP contribution is 2.30. The maximum atomic E-state index is 13.4. The maximum absolute atomic E-state index is 13.4. The van der Waals surface area contributed by atoms with Crippen LogP contribution in [0.3, 0.4) is 0 Å². The lowest BCUT2D eigenvalue weighted by molar-refractivity contribution is -0.172. The third-order valence-corrected chi connectivity index (χ3v) is 7.78. The molecule has 15 nitrogen and oxygen atoms in total. The van der Waals surface area contributed by atoms with Crippen LogP contribution in [0.2, 0.25) is 0 Å². The van der Waals surface area contributed by atoms with Gasteiger partial charge in [-0.15, -0.1) is 0 Å². The lowest BCUT2D eigenvalue weighted by atomic mass is 10.0. The highest BCUT2D eigenvalue weighted by Gasteiger charge is 2.31. The summed E-state index contributed by atoms with van der Waals surface area (Å²) < 4.78 is 29.1. The van der Waals surface area contributed by atoms with Crippen molar-refractivity contribution in [1.29, 1.82) is 0 Å². The molecule has 0 aromatic heterocycles. The van der Waals surface area contributed by atoms with Gasteiger partial charge in [0.25, 0.3) is 0 Å². The number of fused-ring (bicyclic) bond motifs is 1. The molecule has 2 atom stereocenters. The predicted octanol–water partition coefficient (Wildman–Crippen LogP) is -1.23. The van der Waals surface area contributed by atoms with E-state index < -0.39 is 65.1 Å². The van der Waals surface area contributed by atoms with Gasteiger partial charge in [-0.2, -0.15) is 4.72 Å². The second kappa shape index (κ2) is 14.8. The summed E-state index contributed by atoms with van der Waals surface area (Å²) in [5.74, 6) is -5.43. The van der Waals surface area contributed by atoms with Gasteiger partial charge in [0.2, 0.25) is 21.8 Å². The topological polar surface area (TPSA) is 250 Å². The zero-order valence-electron chi connectivity index (χ0n) is 23.7. The Morgan fingerprint density at radius 3 is 2.29 bits per heavy atom. The van der Waals surface area contributed by atoms with Crippen molar-refractivity contribution in [3.05, 3.63) is 36.4 Å². The molecule has 2 aromatic rings. The van der Waals surface area contributed by atoms with E-state index >= 15 is 0 Å². The van der Waals surface area contributed by atoms with Gasteiger partial charge in [-0.3, -0.25) is 19.4 Å². The van der Waals surface area contributed by atoms with E-state index in [1.165, 1.54) is 6.07 Å². The molecule has 232 valence electrons. The third-order valence-electron chi connectivity index (χ3n) is 6.25. The van der Waals surface area contributed by atoms with Gasteiger partial charge in [0, 0.05) is 43.5 Å². The highest BCUT2D eigenvalue weighted by molar-refractivity contribution is 7.89. The molecule has 0 bridgehead atoms. The maximum Gasteiger partial charge on any atom is 0.303 e. The number of carbonyl (C=O) groups is 3. The number of nitrogens with zero attached hydrogens (tertiary/aromatic N) is 2. The minimum absolute atomic E-state index is 0.0849. The number of rotatable bonds is 16. The standard InChI is InChI=1S/C26H39N7O8S/c1-26(38,39)21(11-6-14-29-25(27)28)31-22(34)15-30-24(37)18(12-13-23(35)36)32-42(40,41)20-10-5-7-16-17(20)8-4-9-19(16)33(2)3/h4-5,7-10,18,21,32,38-39H,6,11-15H2,1-3H3,(H,30,37)(H,31,34)(H,35,36)(H4,27,28,29)/t18-,21-/m0/s1. The van der Waals surface area contributed by atoms with E-state index in [2.05, 4.69) is 20.3 Å². The minimum atomic E-state index is -4.33. The van der Waals surface area contributed by atoms with Crippen molar-refractivity contribution in [3.63, 3.8) is 0 Å². The van der Waals surface area contributed by atoms with Crippen molar-refractivity contribution in [2.75, 3.05) is 32.1 Å². The first-order chi connectivity index (χ1) is 19.5. The molecule has 0 saturated heterocycles. The van der Waals surface area contributed by atoms with Gasteiger partial charge in [-0.1, -0.05) is 24.3 Å². The molecule has 2 amide bonds. The highest BCUT2D eigenvalue weighted by atomic mass is 32.2. The predicted molar refractivity (Wildman–Crippen MR) is 157 cm³/mol. The Morgan fingerprint density at radius 2 is 1.69 bits per heavy atom. The normalized spacial score (nSPS) is 13.2. The van der Waals surface area contributed by atoms with E-state index in [4.69, 9.17) is 16.6 Å². The fraction of sp³-hybridized carbons (Fsp3) is 0.462. The number of aliphatic hydroxyl groups is 2. The second-order valence-electron chi connectivity index (χ2n) is 10.0.